The first-order chi connectivity index (χ1) is 13.1. The highest BCUT2D eigenvalue weighted by atomic mass is 19.1. The van der Waals surface area contributed by atoms with Gasteiger partial charge in [-0.05, 0) is 35.9 Å². The molecule has 0 spiro atoms. The minimum Gasteiger partial charge on any atom is -0.497 e. The fourth-order valence-corrected chi connectivity index (χ4v) is 2.74. The van der Waals surface area contributed by atoms with E-state index in [9.17, 15) is 14.8 Å². The summed E-state index contributed by atoms with van der Waals surface area (Å²) >= 11 is 0. The van der Waals surface area contributed by atoms with Gasteiger partial charge in [-0.3, -0.25) is 0 Å². The van der Waals surface area contributed by atoms with Gasteiger partial charge in [0, 0.05) is 16.3 Å². The van der Waals surface area contributed by atoms with Gasteiger partial charge in [-0.25, -0.2) is 9.37 Å². The van der Waals surface area contributed by atoms with Gasteiger partial charge in [0.2, 0.25) is 5.88 Å². The van der Waals surface area contributed by atoms with Crippen molar-refractivity contribution < 1.29 is 24.1 Å². The lowest BCUT2D eigenvalue weighted by molar-refractivity contribution is 0.0526. The molecule has 27 heavy (non-hydrogen) atoms. The van der Waals surface area contributed by atoms with Crippen LogP contribution in [0.15, 0.2) is 42.5 Å². The third kappa shape index (κ3) is 3.82. The molecule has 6 nitrogen and oxygen atoms in total. The van der Waals surface area contributed by atoms with Gasteiger partial charge in [0.1, 0.15) is 30.3 Å². The first-order valence-corrected chi connectivity index (χ1v) is 8.17. The summed E-state index contributed by atoms with van der Waals surface area (Å²) in [5, 5.41) is 29.3. The number of methoxy groups -OCH3 is 1. The van der Waals surface area contributed by atoms with Crippen LogP contribution in [0.4, 0.5) is 4.39 Å². The normalized spacial score (nSPS) is 11.8. The Balaban J connectivity index is 2.26. The molecule has 3 aromatic rings. The first-order valence-electron chi connectivity index (χ1n) is 8.17. The van der Waals surface area contributed by atoms with Crippen LogP contribution in [0.25, 0.3) is 21.9 Å². The predicted octanol–water partition coefficient (Wildman–Crippen LogP) is 2.65. The number of rotatable bonds is 6. The summed E-state index contributed by atoms with van der Waals surface area (Å²) in [6.07, 6.45) is -1.08. The van der Waals surface area contributed by atoms with E-state index in [1.807, 2.05) is 6.07 Å². The Morgan fingerprint density at radius 1 is 1.22 bits per heavy atom. The molecule has 0 saturated heterocycles. The summed E-state index contributed by atoms with van der Waals surface area (Å²) in [5.74, 6) is 0.257. The van der Waals surface area contributed by atoms with Crippen LogP contribution in [0.1, 0.15) is 5.69 Å². The van der Waals surface area contributed by atoms with E-state index in [1.165, 1.54) is 19.2 Å². The highest BCUT2D eigenvalue weighted by molar-refractivity contribution is 6.01. The number of ether oxygens (including phenoxy) is 2. The zero-order chi connectivity index (χ0) is 19.4. The summed E-state index contributed by atoms with van der Waals surface area (Å²) in [7, 11) is 1.52. The van der Waals surface area contributed by atoms with Crippen LogP contribution < -0.4 is 9.47 Å². The van der Waals surface area contributed by atoms with Crippen LogP contribution in [0, 0.1) is 17.1 Å². The number of halogens is 1. The predicted molar refractivity (Wildman–Crippen MR) is 97.0 cm³/mol. The molecule has 0 aliphatic heterocycles. The van der Waals surface area contributed by atoms with E-state index in [-0.39, 0.29) is 18.2 Å². The number of pyridine rings is 1. The zero-order valence-corrected chi connectivity index (χ0v) is 14.5. The maximum absolute atomic E-state index is 13.8. The molecule has 1 atom stereocenters. The van der Waals surface area contributed by atoms with Crippen LogP contribution in [-0.2, 0) is 0 Å². The molecule has 0 unspecified atom stereocenters. The quantitative estimate of drug-likeness (QED) is 0.694. The van der Waals surface area contributed by atoms with Gasteiger partial charge in [0.15, 0.2) is 5.69 Å². The van der Waals surface area contributed by atoms with E-state index in [0.717, 1.165) is 0 Å². The van der Waals surface area contributed by atoms with E-state index in [2.05, 4.69) is 4.98 Å². The summed E-state index contributed by atoms with van der Waals surface area (Å²) in [4.78, 5) is 4.25. The zero-order valence-electron chi connectivity index (χ0n) is 14.5. The number of nitriles is 1. The number of fused-ring (bicyclic) bond motifs is 1. The maximum Gasteiger partial charge on any atom is 0.222 e. The van der Waals surface area contributed by atoms with Gasteiger partial charge < -0.3 is 19.7 Å². The number of nitrogens with zero attached hydrogens (tertiary/aromatic N) is 2. The molecular formula is C20H17FN2O4. The number of benzene rings is 2. The minimum absolute atomic E-state index is 0.0508. The molecule has 0 aliphatic carbocycles. The Morgan fingerprint density at radius 3 is 2.70 bits per heavy atom. The van der Waals surface area contributed by atoms with Gasteiger partial charge in [0.05, 0.1) is 13.7 Å². The Hall–Kier alpha value is -3.21. The lowest BCUT2D eigenvalue weighted by Gasteiger charge is -2.15. The molecule has 1 heterocycles. The molecular weight excluding hydrogens is 351 g/mol. The first kappa shape index (κ1) is 18.6. The van der Waals surface area contributed by atoms with Crippen molar-refractivity contribution in [3.05, 3.63) is 54.0 Å². The van der Waals surface area contributed by atoms with Crippen molar-refractivity contribution in [1.29, 1.82) is 5.26 Å². The van der Waals surface area contributed by atoms with Crippen molar-refractivity contribution in [2.45, 2.75) is 6.10 Å². The van der Waals surface area contributed by atoms with Crippen LogP contribution in [0.3, 0.4) is 0 Å². The fraction of sp³-hybridized carbons (Fsp3) is 0.200. The number of hydrogen-bond acceptors (Lipinski definition) is 6. The topological polar surface area (TPSA) is 95.6 Å². The van der Waals surface area contributed by atoms with Gasteiger partial charge in [-0.1, -0.05) is 12.1 Å². The minimum atomic E-state index is -1.08. The molecule has 0 aliphatic rings. The van der Waals surface area contributed by atoms with Crippen molar-refractivity contribution >= 4 is 10.8 Å². The fourth-order valence-electron chi connectivity index (χ4n) is 2.74. The Labute approximate surface area is 155 Å². The summed E-state index contributed by atoms with van der Waals surface area (Å²) in [6.45, 7) is -0.646. The Morgan fingerprint density at radius 2 is 2.04 bits per heavy atom. The van der Waals surface area contributed by atoms with Gasteiger partial charge in [-0.2, -0.15) is 5.26 Å². The average Bonchev–Trinajstić information content (AvgIpc) is 2.70. The van der Waals surface area contributed by atoms with E-state index in [4.69, 9.17) is 14.6 Å². The van der Waals surface area contributed by atoms with Crippen LogP contribution in [-0.4, -0.2) is 41.6 Å². The molecule has 1 aromatic heterocycles. The van der Waals surface area contributed by atoms with Gasteiger partial charge in [-0.15, -0.1) is 0 Å². The van der Waals surface area contributed by atoms with Crippen molar-refractivity contribution in [1.82, 2.24) is 4.98 Å². The van der Waals surface area contributed by atoms with E-state index >= 15 is 0 Å². The summed E-state index contributed by atoms with van der Waals surface area (Å²) in [5.41, 5.74) is 1.01. The van der Waals surface area contributed by atoms with Gasteiger partial charge >= 0.3 is 0 Å². The van der Waals surface area contributed by atoms with Crippen LogP contribution in [0.5, 0.6) is 11.6 Å². The van der Waals surface area contributed by atoms with Crippen molar-refractivity contribution in [3.63, 3.8) is 0 Å². The van der Waals surface area contributed by atoms with Crippen LogP contribution in [0.2, 0.25) is 0 Å². The molecule has 7 heteroatoms. The molecule has 0 amide bonds. The lowest BCUT2D eigenvalue weighted by atomic mass is 9.97. The molecule has 2 N–H and O–H groups in total. The highest BCUT2D eigenvalue weighted by Crippen LogP contribution is 2.37. The van der Waals surface area contributed by atoms with Crippen molar-refractivity contribution in [3.8, 4) is 28.8 Å². The molecule has 138 valence electrons. The third-order valence-corrected chi connectivity index (χ3v) is 4.02. The molecule has 2 aromatic carbocycles. The number of aliphatic hydroxyl groups is 2. The number of aliphatic hydroxyl groups excluding tert-OH is 2. The number of hydrogen-bond donors (Lipinski definition) is 2. The molecule has 0 saturated carbocycles. The van der Waals surface area contributed by atoms with Crippen LogP contribution >= 0.6 is 0 Å². The van der Waals surface area contributed by atoms with Crippen molar-refractivity contribution in [2.24, 2.45) is 0 Å². The Bertz CT molecular complexity index is 1020. The molecule has 0 bridgehead atoms. The SMILES string of the molecule is COc1ccc2c(OC[C@H](O)CO)nc(C#N)c(-c3cccc(F)c3)c2c1. The van der Waals surface area contributed by atoms with E-state index < -0.39 is 18.5 Å². The second-order valence-electron chi connectivity index (χ2n) is 5.82. The van der Waals surface area contributed by atoms with E-state index in [1.54, 1.807) is 30.3 Å². The van der Waals surface area contributed by atoms with Gasteiger partial charge in [0.25, 0.3) is 0 Å². The maximum atomic E-state index is 13.8. The number of aromatic nitrogens is 1. The standard InChI is InChI=1S/C20H17FN2O4/c1-26-15-5-6-16-17(8-15)19(12-3-2-4-13(21)7-12)18(9-22)23-20(16)27-11-14(25)10-24/h2-8,14,24-25H,10-11H2,1H3/t14-/m1/s1. The monoisotopic (exact) mass is 368 g/mol. The highest BCUT2D eigenvalue weighted by Gasteiger charge is 2.18. The lowest BCUT2D eigenvalue weighted by Crippen LogP contribution is -2.21. The Kier molecular flexibility index (Phi) is 5.50. The molecule has 0 radical (unpaired) electrons. The van der Waals surface area contributed by atoms with Crippen molar-refractivity contribution in [2.75, 3.05) is 20.3 Å². The smallest absolute Gasteiger partial charge is 0.222 e. The van der Waals surface area contributed by atoms with E-state index in [0.29, 0.717) is 27.6 Å². The largest absolute Gasteiger partial charge is 0.497 e. The second-order valence-corrected chi connectivity index (χ2v) is 5.82. The molecule has 0 fully saturated rings. The third-order valence-electron chi connectivity index (χ3n) is 4.02. The second kappa shape index (κ2) is 7.99. The summed E-state index contributed by atoms with van der Waals surface area (Å²) < 4.78 is 24.5. The average molecular weight is 368 g/mol. The molecule has 3 rings (SSSR count). The summed E-state index contributed by atoms with van der Waals surface area (Å²) in [6, 6.07) is 13.0.